The van der Waals surface area contributed by atoms with Gasteiger partial charge in [-0.1, -0.05) is 0 Å². The van der Waals surface area contributed by atoms with E-state index in [1.165, 1.54) is 6.92 Å². The van der Waals surface area contributed by atoms with Crippen LogP contribution in [0, 0.1) is 11.3 Å². The Labute approximate surface area is 69.9 Å². The Morgan fingerprint density at radius 3 is 2.25 bits per heavy atom. The number of methoxy groups -OCH3 is 1. The van der Waals surface area contributed by atoms with Gasteiger partial charge in [0.15, 0.2) is 0 Å². The molecule has 0 saturated carbocycles. The van der Waals surface area contributed by atoms with Crippen LogP contribution in [-0.4, -0.2) is 24.6 Å². The van der Waals surface area contributed by atoms with Crippen LogP contribution in [0.3, 0.4) is 0 Å². The first-order chi connectivity index (χ1) is 5.46. The van der Waals surface area contributed by atoms with Gasteiger partial charge in [0.05, 0.1) is 7.11 Å². The fourth-order valence-corrected chi connectivity index (χ4v) is 0.592. The molecule has 0 bridgehead atoms. The molecule has 1 unspecified atom stereocenters. The van der Waals surface area contributed by atoms with E-state index < -0.39 is 17.5 Å². The lowest BCUT2D eigenvalue weighted by atomic mass is 10.1. The molecule has 5 nitrogen and oxygen atoms in total. The zero-order chi connectivity index (χ0) is 9.78. The lowest BCUT2D eigenvalue weighted by Crippen LogP contribution is -2.39. The van der Waals surface area contributed by atoms with Gasteiger partial charge in [0.25, 0.3) is 5.60 Å². The van der Waals surface area contributed by atoms with Crippen LogP contribution in [0.2, 0.25) is 0 Å². The normalized spacial score (nSPS) is 13.8. The van der Waals surface area contributed by atoms with Crippen molar-refractivity contribution in [3.63, 3.8) is 0 Å². The number of esters is 2. The van der Waals surface area contributed by atoms with E-state index in [2.05, 4.69) is 9.47 Å². The van der Waals surface area contributed by atoms with Crippen molar-refractivity contribution in [2.45, 2.75) is 19.4 Å². The molecule has 5 heteroatoms. The molecule has 0 aromatic heterocycles. The Kier molecular flexibility index (Phi) is 3.23. The van der Waals surface area contributed by atoms with Crippen LogP contribution in [0.5, 0.6) is 0 Å². The van der Waals surface area contributed by atoms with Crippen molar-refractivity contribution in [3.8, 4) is 6.07 Å². The van der Waals surface area contributed by atoms with Crippen LogP contribution < -0.4 is 0 Å². The summed E-state index contributed by atoms with van der Waals surface area (Å²) in [6.07, 6.45) is 0. The molecular weight excluding hydrogens is 162 g/mol. The van der Waals surface area contributed by atoms with Crippen molar-refractivity contribution in [1.82, 2.24) is 0 Å². The highest BCUT2D eigenvalue weighted by Crippen LogP contribution is 2.10. The highest BCUT2D eigenvalue weighted by Gasteiger charge is 2.38. The van der Waals surface area contributed by atoms with Crippen LogP contribution in [0.15, 0.2) is 0 Å². The number of rotatable bonds is 2. The molecular formula is C7H9NO4. The highest BCUT2D eigenvalue weighted by atomic mass is 16.6. The molecule has 0 N–H and O–H groups in total. The first kappa shape index (κ1) is 10.4. The number of ether oxygens (including phenoxy) is 2. The minimum absolute atomic E-state index is 0.704. The zero-order valence-electron chi connectivity index (χ0n) is 7.08. The Hall–Kier alpha value is -1.57. The van der Waals surface area contributed by atoms with Crippen molar-refractivity contribution < 1.29 is 19.1 Å². The van der Waals surface area contributed by atoms with Crippen LogP contribution >= 0.6 is 0 Å². The van der Waals surface area contributed by atoms with Gasteiger partial charge in [-0.05, 0) is 0 Å². The Bertz CT molecular complexity index is 242. The lowest BCUT2D eigenvalue weighted by Gasteiger charge is -2.17. The van der Waals surface area contributed by atoms with E-state index in [0.29, 0.717) is 0 Å². The van der Waals surface area contributed by atoms with Crippen LogP contribution in [0.25, 0.3) is 0 Å². The summed E-state index contributed by atoms with van der Waals surface area (Å²) in [7, 11) is 1.11. The second-order valence-electron chi connectivity index (χ2n) is 2.23. The summed E-state index contributed by atoms with van der Waals surface area (Å²) in [4.78, 5) is 21.3. The van der Waals surface area contributed by atoms with Crippen molar-refractivity contribution in [2.75, 3.05) is 7.11 Å². The Morgan fingerprint density at radius 2 is 2.00 bits per heavy atom. The molecule has 0 radical (unpaired) electrons. The van der Waals surface area contributed by atoms with Gasteiger partial charge in [-0.2, -0.15) is 5.26 Å². The fourth-order valence-electron chi connectivity index (χ4n) is 0.592. The molecule has 1 atom stereocenters. The largest absolute Gasteiger partial charge is 0.465 e. The quantitative estimate of drug-likeness (QED) is 0.547. The van der Waals surface area contributed by atoms with Gasteiger partial charge in [0, 0.05) is 13.8 Å². The van der Waals surface area contributed by atoms with Gasteiger partial charge in [-0.15, -0.1) is 0 Å². The van der Waals surface area contributed by atoms with Crippen LogP contribution in [0.4, 0.5) is 0 Å². The predicted molar refractivity (Wildman–Crippen MR) is 37.8 cm³/mol. The number of carbonyl (C=O) groups excluding carboxylic acids is 2. The van der Waals surface area contributed by atoms with Crippen LogP contribution in [0.1, 0.15) is 13.8 Å². The monoisotopic (exact) mass is 171 g/mol. The van der Waals surface area contributed by atoms with Gasteiger partial charge in [0.1, 0.15) is 6.07 Å². The van der Waals surface area contributed by atoms with E-state index in [0.717, 1.165) is 14.0 Å². The average molecular weight is 171 g/mol. The molecule has 0 aliphatic carbocycles. The molecule has 0 aliphatic rings. The maximum atomic E-state index is 10.9. The van der Waals surface area contributed by atoms with E-state index in [-0.39, 0.29) is 0 Å². The van der Waals surface area contributed by atoms with Gasteiger partial charge in [0.2, 0.25) is 0 Å². The van der Waals surface area contributed by atoms with E-state index in [1.807, 2.05) is 0 Å². The van der Waals surface area contributed by atoms with Gasteiger partial charge < -0.3 is 9.47 Å². The first-order valence-electron chi connectivity index (χ1n) is 3.15. The molecule has 0 heterocycles. The van der Waals surface area contributed by atoms with E-state index in [1.54, 1.807) is 6.07 Å². The number of hydrogen-bond acceptors (Lipinski definition) is 5. The van der Waals surface area contributed by atoms with Crippen molar-refractivity contribution >= 4 is 11.9 Å². The summed E-state index contributed by atoms with van der Waals surface area (Å²) in [6, 6.07) is 1.54. The maximum absolute atomic E-state index is 10.9. The van der Waals surface area contributed by atoms with Crippen molar-refractivity contribution in [1.29, 1.82) is 5.26 Å². The summed E-state index contributed by atoms with van der Waals surface area (Å²) >= 11 is 0. The third-order valence-corrected chi connectivity index (χ3v) is 1.14. The first-order valence-corrected chi connectivity index (χ1v) is 3.15. The summed E-state index contributed by atoms with van der Waals surface area (Å²) < 4.78 is 8.73. The van der Waals surface area contributed by atoms with Crippen molar-refractivity contribution in [3.05, 3.63) is 0 Å². The van der Waals surface area contributed by atoms with Crippen molar-refractivity contribution in [2.24, 2.45) is 0 Å². The average Bonchev–Trinajstić information content (AvgIpc) is 2.01. The summed E-state index contributed by atoms with van der Waals surface area (Å²) in [5, 5.41) is 8.51. The topological polar surface area (TPSA) is 76.4 Å². The molecule has 12 heavy (non-hydrogen) atoms. The second-order valence-corrected chi connectivity index (χ2v) is 2.23. The third kappa shape index (κ3) is 2.23. The number of hydrogen-bond donors (Lipinski definition) is 0. The molecule has 0 aliphatic heterocycles. The smallest absolute Gasteiger partial charge is 0.365 e. The van der Waals surface area contributed by atoms with Crippen LogP contribution in [-0.2, 0) is 19.1 Å². The molecule has 0 spiro atoms. The SMILES string of the molecule is COC(=O)C(C)(C#N)OC(C)=O. The second kappa shape index (κ2) is 3.72. The van der Waals surface area contributed by atoms with Gasteiger partial charge in [-0.25, -0.2) is 4.79 Å². The molecule has 0 amide bonds. The molecule has 0 saturated heterocycles. The summed E-state index contributed by atoms with van der Waals surface area (Å²) in [5.41, 5.74) is -1.83. The van der Waals surface area contributed by atoms with E-state index in [4.69, 9.17) is 5.26 Å². The lowest BCUT2D eigenvalue weighted by molar-refractivity contribution is -0.170. The Balaban J connectivity index is 4.59. The van der Waals surface area contributed by atoms with E-state index in [9.17, 15) is 9.59 Å². The number of carbonyl (C=O) groups is 2. The predicted octanol–water partition coefficient (Wildman–Crippen LogP) is 0.00478. The summed E-state index contributed by atoms with van der Waals surface area (Å²) in [6.45, 7) is 2.28. The molecule has 0 rings (SSSR count). The zero-order valence-corrected chi connectivity index (χ0v) is 7.08. The van der Waals surface area contributed by atoms with Gasteiger partial charge in [-0.3, -0.25) is 4.79 Å². The number of nitriles is 1. The third-order valence-electron chi connectivity index (χ3n) is 1.14. The fraction of sp³-hybridized carbons (Fsp3) is 0.571. The standard InChI is InChI=1S/C7H9NO4/c1-5(9)12-7(2,4-8)6(10)11-3/h1-3H3. The van der Waals surface area contributed by atoms with Gasteiger partial charge >= 0.3 is 11.9 Å². The minimum Gasteiger partial charge on any atom is -0.465 e. The summed E-state index contributed by atoms with van der Waals surface area (Å²) in [5.74, 6) is -1.59. The molecule has 0 aromatic carbocycles. The Morgan fingerprint density at radius 1 is 1.50 bits per heavy atom. The maximum Gasteiger partial charge on any atom is 0.365 e. The highest BCUT2D eigenvalue weighted by molar-refractivity contribution is 5.85. The molecule has 66 valence electrons. The minimum atomic E-state index is -1.83. The molecule has 0 aromatic rings. The number of nitrogens with zero attached hydrogens (tertiary/aromatic N) is 1. The molecule has 0 fully saturated rings. The van der Waals surface area contributed by atoms with E-state index >= 15 is 0 Å².